The molecule has 18 rings (SSSR count). The molecule has 6 saturated heterocycles. The Bertz CT molecular complexity index is 5340. The van der Waals surface area contributed by atoms with Crippen LogP contribution in [0.1, 0.15) is 137 Å². The molecule has 5 N–H and O–H groups in total. The van der Waals surface area contributed by atoms with Crippen LogP contribution in [0.2, 0.25) is 0 Å². The minimum Gasteiger partial charge on any atom is -0.443 e. The van der Waals surface area contributed by atoms with Gasteiger partial charge in [-0.05, 0) is 239 Å². The summed E-state index contributed by atoms with van der Waals surface area (Å²) < 4.78 is 20.7. The second-order valence-corrected chi connectivity index (χ2v) is 32.8. The van der Waals surface area contributed by atoms with Gasteiger partial charge in [-0.15, -0.1) is 12.4 Å². The summed E-state index contributed by atoms with van der Waals surface area (Å²) in [5.74, 6) is 4.99. The van der Waals surface area contributed by atoms with Crippen molar-refractivity contribution in [2.75, 3.05) is 47.8 Å². The third kappa shape index (κ3) is 23.5. The number of carbonyl (C=O) groups is 5. The van der Waals surface area contributed by atoms with E-state index in [1.54, 1.807) is 75.6 Å². The van der Waals surface area contributed by atoms with Crippen molar-refractivity contribution < 1.29 is 48.2 Å². The van der Waals surface area contributed by atoms with E-state index >= 15 is 0 Å². The van der Waals surface area contributed by atoms with Gasteiger partial charge < -0.3 is 44.7 Å². The molecule has 33 heteroatoms. The number of anilines is 3. The van der Waals surface area contributed by atoms with E-state index in [9.17, 15) is 24.0 Å². The van der Waals surface area contributed by atoms with Crippen LogP contribution in [0.25, 0.3) is 45.6 Å². The number of pyridine rings is 5. The van der Waals surface area contributed by atoms with E-state index in [-0.39, 0.29) is 18.0 Å². The van der Waals surface area contributed by atoms with Crippen LogP contribution >= 0.6 is 28.3 Å². The minimum atomic E-state index is -1.69. The number of aromatic amines is 1. The van der Waals surface area contributed by atoms with Crippen LogP contribution in [-0.2, 0) is 27.2 Å². The highest BCUT2D eigenvalue weighted by molar-refractivity contribution is 9.10. The SMILES string of the molecule is CC(C)(C)OC(=O)n1cccc1-c1ccc(C=O)cn1.CC(C)(C)OC(=O)n1cccc1B(O)O.CC1=CC(Nc2cc(C)nc(-c3ccc(N4CC5CC(C4)N5)nc3)n2)=NC1.Cc1cc(Cc2cc(C)[nH]n2)nc(-c2ccc(N3CC4CC(C3)N4Cc3ccc(-c4cccn4C(=O)OC(C)(C)C)nc3)nc2)n1.Cl.O=Cc1ccc(Br)nc1. The predicted molar refractivity (Wildman–Crippen MR) is 458 cm³/mol. The van der Waals surface area contributed by atoms with E-state index in [0.29, 0.717) is 70.4 Å². The third-order valence-electron chi connectivity index (χ3n) is 18.8. The molecule has 4 bridgehead atoms. The Morgan fingerprint density at radius 2 is 1.09 bits per heavy atom. The van der Waals surface area contributed by atoms with Gasteiger partial charge in [0.25, 0.3) is 0 Å². The Hall–Kier alpha value is -11.8. The summed E-state index contributed by atoms with van der Waals surface area (Å²) in [6.07, 6.45) is 18.6. The molecule has 0 radical (unpaired) electrons. The second-order valence-electron chi connectivity index (χ2n) is 32.0. The third-order valence-corrected chi connectivity index (χ3v) is 19.3. The highest BCUT2D eigenvalue weighted by atomic mass is 79.9. The molecule has 7 aliphatic rings. The second kappa shape index (κ2) is 38.1. The number of hydrogen-bond donors (Lipinski definition) is 5. The van der Waals surface area contributed by atoms with Gasteiger partial charge in [0.15, 0.2) is 24.2 Å². The maximum atomic E-state index is 12.7. The molecule has 30 nitrogen and oxygen atoms in total. The molecular weight excluding hydrogens is 1590 g/mol. The highest BCUT2D eigenvalue weighted by Gasteiger charge is 2.45. The van der Waals surface area contributed by atoms with Gasteiger partial charge in [-0.25, -0.2) is 49.3 Å². The maximum absolute atomic E-state index is 12.7. The average molecular weight is 1690 g/mol. The first kappa shape index (κ1) is 87.0. The van der Waals surface area contributed by atoms with Crippen LogP contribution in [0.4, 0.5) is 31.8 Å². The highest BCUT2D eigenvalue weighted by Crippen LogP contribution is 2.37. The molecule has 118 heavy (non-hydrogen) atoms. The number of amidine groups is 1. The van der Waals surface area contributed by atoms with Crippen LogP contribution < -0.4 is 26.0 Å². The number of nitrogens with one attached hydrogen (secondary N) is 3. The van der Waals surface area contributed by atoms with Crippen LogP contribution in [-0.4, -0.2) is 201 Å². The van der Waals surface area contributed by atoms with Crippen LogP contribution in [0.15, 0.2) is 186 Å². The van der Waals surface area contributed by atoms with E-state index in [0.717, 1.165) is 135 Å². The monoisotopic (exact) mass is 1680 g/mol. The van der Waals surface area contributed by atoms with Crippen LogP contribution in [0.5, 0.6) is 0 Å². The summed E-state index contributed by atoms with van der Waals surface area (Å²) in [7, 11) is -1.69. The summed E-state index contributed by atoms with van der Waals surface area (Å²) in [6, 6.07) is 37.5. The van der Waals surface area contributed by atoms with Crippen LogP contribution in [0, 0.1) is 20.8 Å². The molecular formula is C85H97BBrClN20O10. The van der Waals surface area contributed by atoms with Crippen molar-refractivity contribution in [2.45, 2.75) is 157 Å². The van der Waals surface area contributed by atoms with E-state index in [1.807, 2.05) is 123 Å². The number of H-pyrrole nitrogens is 1. The van der Waals surface area contributed by atoms with Crippen LogP contribution in [0.3, 0.4) is 0 Å². The molecule has 0 aliphatic carbocycles. The van der Waals surface area contributed by atoms with Crippen molar-refractivity contribution >= 4 is 95.2 Å². The van der Waals surface area contributed by atoms with Crippen molar-refractivity contribution in [1.29, 1.82) is 0 Å². The maximum Gasteiger partial charge on any atom is 0.506 e. The number of fused-ring (bicyclic) bond motifs is 4. The van der Waals surface area contributed by atoms with Gasteiger partial charge >= 0.3 is 25.4 Å². The first-order valence-electron chi connectivity index (χ1n) is 38.4. The van der Waals surface area contributed by atoms with Gasteiger partial charge in [-0.2, -0.15) is 5.10 Å². The Labute approximate surface area is 699 Å². The number of hydrogen-bond acceptors (Lipinski definition) is 26. The summed E-state index contributed by atoms with van der Waals surface area (Å²) in [5.41, 5.74) is 11.1. The number of ether oxygens (including phenoxy) is 3. The molecule has 11 aromatic heterocycles. The fraction of sp³-hybridized carbons (Fsp3) is 0.341. The molecule has 0 aromatic carbocycles. The molecule has 0 spiro atoms. The number of aldehydes is 2. The largest absolute Gasteiger partial charge is 0.506 e. The minimum absolute atomic E-state index is 0. The number of piperazine rings is 2. The summed E-state index contributed by atoms with van der Waals surface area (Å²) in [4.78, 5) is 110. The number of aliphatic imine (C=N–C) groups is 1. The lowest BCUT2D eigenvalue weighted by molar-refractivity contribution is -0.00875. The molecule has 11 aromatic rings. The molecule has 614 valence electrons. The Balaban J connectivity index is 0.000000161. The molecule has 6 fully saturated rings. The first-order chi connectivity index (χ1) is 55.7. The van der Waals surface area contributed by atoms with Crippen molar-refractivity contribution in [2.24, 2.45) is 4.99 Å². The Morgan fingerprint density at radius 3 is 1.57 bits per heavy atom. The fourth-order valence-corrected chi connectivity index (χ4v) is 13.8. The van der Waals surface area contributed by atoms with Crippen molar-refractivity contribution in [1.82, 2.24) is 79.0 Å². The quantitative estimate of drug-likeness (QED) is 0.0292. The van der Waals surface area contributed by atoms with Crippen molar-refractivity contribution in [3.8, 4) is 45.6 Å². The van der Waals surface area contributed by atoms with Gasteiger partial charge in [0, 0.05) is 158 Å². The van der Waals surface area contributed by atoms with Gasteiger partial charge in [0.1, 0.15) is 44.7 Å². The molecule has 18 heterocycles. The van der Waals surface area contributed by atoms with Gasteiger partial charge in [-0.1, -0.05) is 6.07 Å². The Morgan fingerprint density at radius 1 is 0.576 bits per heavy atom. The van der Waals surface area contributed by atoms with Gasteiger partial charge in [-0.3, -0.25) is 48.2 Å². The average Bonchev–Trinajstić information content (AvgIpc) is 0.965. The predicted octanol–water partition coefficient (Wildman–Crippen LogP) is 12.9. The van der Waals surface area contributed by atoms with E-state index in [2.05, 4.69) is 124 Å². The zero-order chi connectivity index (χ0) is 83.5. The first-order valence-corrected chi connectivity index (χ1v) is 39.2. The zero-order valence-corrected chi connectivity index (χ0v) is 70.5. The fourth-order valence-electron chi connectivity index (χ4n) is 13.5. The lowest BCUT2D eigenvalue weighted by atomic mass is 9.86. The number of aromatic nitrogens is 14. The summed E-state index contributed by atoms with van der Waals surface area (Å²) in [6.45, 7) is 29.8. The lowest BCUT2D eigenvalue weighted by Gasteiger charge is -2.56. The molecule has 4 unspecified atom stereocenters. The van der Waals surface area contributed by atoms with Crippen molar-refractivity contribution in [3.63, 3.8) is 0 Å². The van der Waals surface area contributed by atoms with E-state index in [4.69, 9.17) is 39.2 Å². The number of nitrogens with zero attached hydrogens (tertiary/aromatic N) is 17. The molecule has 0 amide bonds. The smallest absolute Gasteiger partial charge is 0.443 e. The number of carbonyl (C=O) groups excluding carboxylic acids is 5. The summed E-state index contributed by atoms with van der Waals surface area (Å²) in [5, 5.41) is 32.1. The molecule has 7 aliphatic heterocycles. The summed E-state index contributed by atoms with van der Waals surface area (Å²) >= 11 is 3.15. The van der Waals surface area contributed by atoms with E-state index < -0.39 is 42.2 Å². The number of aryl methyl sites for hydroxylation is 3. The standard InChI is InChI=1S/C35H39N9O2.C20H23N7.C15H16N2O3.C9H14BNO4.C6H4BrNO.ClH/c1-22-13-26(15-27-14-23(2)40-41-27)39-33(38-22)25-9-11-32(37-18-25)42-20-28-16-29(21-42)44(28)19-24-8-10-30(36-17-24)31-7-6-12-43(31)34(45)46-35(3,4)5;1-12-5-17(21-8-12)25-18-6-13(2)23-20(26-18)14-3-4-19(22-9-14)27-10-15-7-16(11-27)24-15;1-15(2,3)20-14(19)17-8-4-5-13(17)12-7-6-11(10-18)9-16-12;1-9(2,3)15-8(12)11-6-4-5-7(11)10(13)14;7-6-2-1-5(4-9)3-8-6;/h6-14,17-18,28-29H,15-16,19-21H2,1-5H3,(H,40,41);3-6,9,15-16,24H,7-8,10-11H2,1-2H3,(H,21,23,25,26);4-10H,1-3H3;4-6,13-14H,1-3H3;1-4H;1H. The van der Waals surface area contributed by atoms with Gasteiger partial charge in [0.05, 0.1) is 46.3 Å². The normalized spacial score (nSPS) is 16.4. The zero-order valence-electron chi connectivity index (χ0n) is 68.1. The molecule has 0 saturated carbocycles. The Kier molecular flexibility index (Phi) is 28.1. The molecule has 4 atom stereocenters. The van der Waals surface area contributed by atoms with Gasteiger partial charge in [0.2, 0.25) is 0 Å². The van der Waals surface area contributed by atoms with Crippen molar-refractivity contribution in [3.05, 3.63) is 226 Å². The van der Waals surface area contributed by atoms with E-state index in [1.165, 1.54) is 52.2 Å². The number of rotatable bonds is 14. The number of piperidine rings is 2. The topological polar surface area (TPSA) is 359 Å². The number of halogens is 2. The lowest BCUT2D eigenvalue weighted by Crippen LogP contribution is -2.68.